The molecule has 1 aliphatic heterocycles. The molecule has 1 heterocycles. The second-order valence-electron chi connectivity index (χ2n) is 15.1. The van der Waals surface area contributed by atoms with E-state index >= 15 is 0 Å². The van der Waals surface area contributed by atoms with E-state index in [9.17, 15) is 4.39 Å². The fraction of sp³-hybridized carbons (Fsp3) is 0.388. The lowest BCUT2D eigenvalue weighted by molar-refractivity contribution is 0.201. The van der Waals surface area contributed by atoms with Crippen molar-refractivity contribution in [3.8, 4) is 33.8 Å². The first-order valence-corrected chi connectivity index (χ1v) is 20.1. The van der Waals surface area contributed by atoms with Gasteiger partial charge in [-0.2, -0.15) is 0 Å². The second kappa shape index (κ2) is 18.6. The normalized spacial score (nSPS) is 13.6. The Hall–Kier alpha value is -4.61. The number of likely N-dealkylation sites (tertiary alicyclic amines) is 1. The van der Waals surface area contributed by atoms with E-state index in [1.54, 1.807) is 31.9 Å². The Morgan fingerprint density at radius 2 is 1.28 bits per heavy atom. The third kappa shape index (κ3) is 9.36. The molecule has 1 aliphatic rings. The molecule has 0 atom stereocenters. The Morgan fingerprint density at radius 1 is 0.667 bits per heavy atom. The summed E-state index contributed by atoms with van der Waals surface area (Å²) in [5, 5.41) is 0. The fourth-order valence-corrected chi connectivity index (χ4v) is 8.43. The molecular formula is C49H59FN2O2. The van der Waals surface area contributed by atoms with Gasteiger partial charge in [-0.15, -0.1) is 0 Å². The first-order valence-electron chi connectivity index (χ1n) is 20.1. The number of rotatable bonds is 16. The maximum Gasteiger partial charge on any atom is 0.163 e. The lowest BCUT2D eigenvalue weighted by Crippen LogP contribution is -2.44. The minimum Gasteiger partial charge on any atom is -0.493 e. The molecule has 0 unspecified atom stereocenters. The van der Waals surface area contributed by atoms with Crippen LogP contribution in [0.1, 0.15) is 86.3 Å². The SMILES string of the molecule is CCCc1cc(-c2cccc(CN3CCC(N(Cc4cccc(-c5cc(CCC)c(OC)c(OC)c5)c4)c4ccc(F)cc4)CC3)c2)cc(C)c1CCC. The first kappa shape index (κ1) is 39.1. The quantitative estimate of drug-likeness (QED) is 0.101. The highest BCUT2D eigenvalue weighted by atomic mass is 19.1. The Labute approximate surface area is 324 Å². The smallest absolute Gasteiger partial charge is 0.163 e. The summed E-state index contributed by atoms with van der Waals surface area (Å²) in [6, 6.07) is 34.5. The molecule has 5 aromatic rings. The lowest BCUT2D eigenvalue weighted by atomic mass is 9.90. The number of anilines is 1. The van der Waals surface area contributed by atoms with E-state index in [-0.39, 0.29) is 5.82 Å². The summed E-state index contributed by atoms with van der Waals surface area (Å²) in [6.45, 7) is 12.8. The van der Waals surface area contributed by atoms with Crippen LogP contribution in [-0.4, -0.2) is 38.3 Å². The van der Waals surface area contributed by atoms with E-state index in [2.05, 4.69) is 110 Å². The fourth-order valence-electron chi connectivity index (χ4n) is 8.43. The molecular weight excluding hydrogens is 668 g/mol. The predicted molar refractivity (Wildman–Crippen MR) is 224 cm³/mol. The van der Waals surface area contributed by atoms with Crippen molar-refractivity contribution in [3.05, 3.63) is 136 Å². The van der Waals surface area contributed by atoms with E-state index in [4.69, 9.17) is 9.47 Å². The van der Waals surface area contributed by atoms with Crippen LogP contribution in [0.2, 0.25) is 0 Å². The van der Waals surface area contributed by atoms with E-state index in [0.29, 0.717) is 6.04 Å². The number of halogens is 1. The molecule has 5 heteroatoms. The summed E-state index contributed by atoms with van der Waals surface area (Å²) in [5.74, 6) is 1.37. The van der Waals surface area contributed by atoms with E-state index < -0.39 is 0 Å². The molecule has 6 rings (SSSR count). The van der Waals surface area contributed by atoms with Crippen molar-refractivity contribution in [1.82, 2.24) is 4.90 Å². The zero-order chi connectivity index (χ0) is 38.0. The Bertz CT molecular complexity index is 1980. The van der Waals surface area contributed by atoms with Gasteiger partial charge < -0.3 is 14.4 Å². The first-order chi connectivity index (χ1) is 26.3. The van der Waals surface area contributed by atoms with Crippen LogP contribution in [0, 0.1) is 12.7 Å². The summed E-state index contributed by atoms with van der Waals surface area (Å²) in [4.78, 5) is 5.09. The number of methoxy groups -OCH3 is 2. The zero-order valence-corrected chi connectivity index (χ0v) is 33.4. The van der Waals surface area contributed by atoms with Gasteiger partial charge in [0.1, 0.15) is 5.82 Å². The Balaban J connectivity index is 1.18. The largest absolute Gasteiger partial charge is 0.493 e. The molecule has 0 radical (unpaired) electrons. The predicted octanol–water partition coefficient (Wildman–Crippen LogP) is 12.0. The molecule has 1 saturated heterocycles. The molecule has 0 spiro atoms. The number of benzene rings is 5. The number of ether oxygens (including phenoxy) is 2. The van der Waals surface area contributed by atoms with E-state index in [0.717, 1.165) is 98.6 Å². The van der Waals surface area contributed by atoms with Crippen molar-refractivity contribution in [2.24, 2.45) is 0 Å². The monoisotopic (exact) mass is 726 g/mol. The van der Waals surface area contributed by atoms with Gasteiger partial charge in [0, 0.05) is 37.9 Å². The third-order valence-corrected chi connectivity index (χ3v) is 11.1. The minimum absolute atomic E-state index is 0.206. The number of piperidine rings is 1. The highest BCUT2D eigenvalue weighted by Gasteiger charge is 2.26. The molecule has 5 aromatic carbocycles. The molecule has 0 bridgehead atoms. The highest BCUT2D eigenvalue weighted by molar-refractivity contribution is 5.70. The molecule has 54 heavy (non-hydrogen) atoms. The summed E-state index contributed by atoms with van der Waals surface area (Å²) < 4.78 is 25.6. The average Bonchev–Trinajstić information content (AvgIpc) is 3.19. The lowest BCUT2D eigenvalue weighted by Gasteiger charge is -2.40. The van der Waals surface area contributed by atoms with Gasteiger partial charge >= 0.3 is 0 Å². The number of aryl methyl sites for hydroxylation is 3. The van der Waals surface area contributed by atoms with Crippen molar-refractivity contribution in [1.29, 1.82) is 0 Å². The van der Waals surface area contributed by atoms with Gasteiger partial charge in [-0.25, -0.2) is 4.39 Å². The molecule has 0 amide bonds. The van der Waals surface area contributed by atoms with E-state index in [1.807, 2.05) is 12.1 Å². The average molecular weight is 727 g/mol. The van der Waals surface area contributed by atoms with Gasteiger partial charge in [-0.1, -0.05) is 88.6 Å². The van der Waals surface area contributed by atoms with Crippen LogP contribution in [-0.2, 0) is 32.4 Å². The Morgan fingerprint density at radius 3 is 1.93 bits per heavy atom. The number of hydrogen-bond acceptors (Lipinski definition) is 4. The van der Waals surface area contributed by atoms with Gasteiger partial charge in [0.2, 0.25) is 0 Å². The summed E-state index contributed by atoms with van der Waals surface area (Å²) in [5.41, 5.74) is 14.2. The zero-order valence-electron chi connectivity index (χ0n) is 33.4. The van der Waals surface area contributed by atoms with Crippen LogP contribution in [0.15, 0.2) is 97.1 Å². The van der Waals surface area contributed by atoms with Crippen molar-refractivity contribution in [2.75, 3.05) is 32.2 Å². The van der Waals surface area contributed by atoms with Crippen LogP contribution in [0.4, 0.5) is 10.1 Å². The molecule has 0 saturated carbocycles. The summed E-state index contributed by atoms with van der Waals surface area (Å²) in [7, 11) is 3.41. The van der Waals surface area contributed by atoms with E-state index in [1.165, 1.54) is 46.2 Å². The third-order valence-electron chi connectivity index (χ3n) is 11.1. The van der Waals surface area contributed by atoms with Gasteiger partial charge in [0.05, 0.1) is 14.2 Å². The number of hydrogen-bond donors (Lipinski definition) is 0. The number of nitrogens with zero attached hydrogens (tertiary/aromatic N) is 2. The van der Waals surface area contributed by atoms with Crippen LogP contribution >= 0.6 is 0 Å². The van der Waals surface area contributed by atoms with Gasteiger partial charge in [0.15, 0.2) is 11.5 Å². The molecule has 0 aromatic heterocycles. The molecule has 4 nitrogen and oxygen atoms in total. The summed E-state index contributed by atoms with van der Waals surface area (Å²) in [6.07, 6.45) is 8.67. The maximum atomic E-state index is 14.1. The van der Waals surface area contributed by atoms with Gasteiger partial charge in [0.25, 0.3) is 0 Å². The Kier molecular flexibility index (Phi) is 13.5. The topological polar surface area (TPSA) is 24.9 Å². The molecule has 0 aliphatic carbocycles. The minimum atomic E-state index is -0.206. The van der Waals surface area contributed by atoms with Crippen LogP contribution < -0.4 is 14.4 Å². The van der Waals surface area contributed by atoms with Crippen LogP contribution in [0.5, 0.6) is 11.5 Å². The molecule has 1 fully saturated rings. The molecule has 0 N–H and O–H groups in total. The second-order valence-corrected chi connectivity index (χ2v) is 15.1. The van der Waals surface area contributed by atoms with Crippen molar-refractivity contribution in [3.63, 3.8) is 0 Å². The maximum absolute atomic E-state index is 14.1. The van der Waals surface area contributed by atoms with Crippen molar-refractivity contribution < 1.29 is 13.9 Å². The molecule has 284 valence electrons. The van der Waals surface area contributed by atoms with Crippen LogP contribution in [0.25, 0.3) is 22.3 Å². The standard InChI is InChI=1S/C49H59FN2O2/c1-7-12-40-30-42(27-35(4)47(40)14-9-3)38-17-10-15-36(28-38)33-51-25-23-46(24-26-51)52(45-21-19-44(50)20-22-45)34-37-16-11-18-39(29-37)43-31-41(13-8-2)49(54-6)48(32-43)53-5/h10-11,15-22,27-32,46H,7-9,12-14,23-26,33-34H2,1-6H3. The van der Waals surface area contributed by atoms with Gasteiger partial charge in [-0.05, 0) is 143 Å². The van der Waals surface area contributed by atoms with Gasteiger partial charge in [-0.3, -0.25) is 4.90 Å². The van der Waals surface area contributed by atoms with Crippen molar-refractivity contribution >= 4 is 5.69 Å². The van der Waals surface area contributed by atoms with Crippen LogP contribution in [0.3, 0.4) is 0 Å². The highest BCUT2D eigenvalue weighted by Crippen LogP contribution is 2.38. The summed E-state index contributed by atoms with van der Waals surface area (Å²) >= 11 is 0. The van der Waals surface area contributed by atoms with Crippen molar-refractivity contribution in [2.45, 2.75) is 98.2 Å².